The minimum absolute atomic E-state index is 0.150. The van der Waals surface area contributed by atoms with Crippen LogP contribution in [-0.2, 0) is 0 Å². The molecule has 0 spiro atoms. The first-order chi connectivity index (χ1) is 9.00. The van der Waals surface area contributed by atoms with Gasteiger partial charge >= 0.3 is 5.97 Å². The summed E-state index contributed by atoms with van der Waals surface area (Å²) in [5.74, 6) is -1.85. The number of carboxylic acid groups (broad SMARTS) is 1. The number of halogens is 1. The number of nitrogens with zero attached hydrogens (tertiary/aromatic N) is 3. The monoisotopic (exact) mass is 267 g/mol. The van der Waals surface area contributed by atoms with Crippen molar-refractivity contribution in [1.29, 1.82) is 0 Å². The van der Waals surface area contributed by atoms with Crippen LogP contribution < -0.4 is 4.90 Å². The second-order valence-electron chi connectivity index (χ2n) is 4.98. The number of carbonyl (C=O) groups is 1. The molecule has 0 saturated carbocycles. The highest BCUT2D eigenvalue weighted by molar-refractivity contribution is 5.88. The number of carboxylic acids is 1. The Morgan fingerprint density at radius 2 is 2.11 bits per heavy atom. The Morgan fingerprint density at radius 3 is 2.63 bits per heavy atom. The normalized spacial score (nSPS) is 16.9. The van der Waals surface area contributed by atoms with Gasteiger partial charge in [0.15, 0.2) is 11.6 Å². The zero-order valence-electron chi connectivity index (χ0n) is 11.1. The Labute approximate surface area is 111 Å². The minimum Gasteiger partial charge on any atom is -0.478 e. The number of piperidine rings is 1. The molecule has 0 unspecified atom stereocenters. The van der Waals surface area contributed by atoms with Gasteiger partial charge in [0, 0.05) is 25.3 Å². The minimum atomic E-state index is -1.26. The maximum absolute atomic E-state index is 14.1. The van der Waals surface area contributed by atoms with E-state index in [1.54, 1.807) is 0 Å². The van der Waals surface area contributed by atoms with E-state index in [2.05, 4.69) is 9.88 Å². The van der Waals surface area contributed by atoms with E-state index in [4.69, 9.17) is 5.11 Å². The first kappa shape index (κ1) is 13.7. The largest absolute Gasteiger partial charge is 0.478 e. The number of hydrogen-bond donors (Lipinski definition) is 1. The summed E-state index contributed by atoms with van der Waals surface area (Å²) in [4.78, 5) is 18.9. The van der Waals surface area contributed by atoms with Crippen LogP contribution >= 0.6 is 0 Å². The van der Waals surface area contributed by atoms with Crippen molar-refractivity contribution in [3.05, 3.63) is 23.6 Å². The maximum atomic E-state index is 14.1. The molecule has 2 heterocycles. The Morgan fingerprint density at radius 1 is 1.47 bits per heavy atom. The van der Waals surface area contributed by atoms with Crippen molar-refractivity contribution >= 4 is 11.8 Å². The summed E-state index contributed by atoms with van der Waals surface area (Å²) in [6.07, 6.45) is 3.19. The van der Waals surface area contributed by atoms with Crippen molar-refractivity contribution in [3.8, 4) is 0 Å². The molecule has 0 amide bonds. The lowest BCUT2D eigenvalue weighted by molar-refractivity contribution is 0.0691. The molecule has 1 aliphatic rings. The SMILES string of the molecule is CN(C)C1CCN(c2nccc(C(=O)O)c2F)CC1. The molecule has 0 aliphatic carbocycles. The van der Waals surface area contributed by atoms with Gasteiger partial charge in [-0.15, -0.1) is 0 Å². The maximum Gasteiger partial charge on any atom is 0.338 e. The lowest BCUT2D eigenvalue weighted by atomic mass is 10.0. The highest BCUT2D eigenvalue weighted by atomic mass is 19.1. The highest BCUT2D eigenvalue weighted by Crippen LogP contribution is 2.24. The zero-order valence-corrected chi connectivity index (χ0v) is 11.1. The van der Waals surface area contributed by atoms with Crippen LogP contribution in [0.5, 0.6) is 0 Å². The topological polar surface area (TPSA) is 56.7 Å². The number of aromatic carboxylic acids is 1. The van der Waals surface area contributed by atoms with Gasteiger partial charge in [0.1, 0.15) is 5.56 Å². The molecule has 0 atom stereocenters. The lowest BCUT2D eigenvalue weighted by Gasteiger charge is -2.35. The van der Waals surface area contributed by atoms with E-state index in [0.29, 0.717) is 19.1 Å². The van der Waals surface area contributed by atoms with E-state index in [0.717, 1.165) is 12.8 Å². The van der Waals surface area contributed by atoms with Crippen LogP contribution in [0.3, 0.4) is 0 Å². The van der Waals surface area contributed by atoms with Gasteiger partial charge in [-0.05, 0) is 33.0 Å². The number of pyridine rings is 1. The molecule has 0 aromatic carbocycles. The number of aromatic nitrogens is 1. The summed E-state index contributed by atoms with van der Waals surface area (Å²) in [5.41, 5.74) is -0.320. The number of hydrogen-bond acceptors (Lipinski definition) is 4. The lowest BCUT2D eigenvalue weighted by Crippen LogP contribution is -2.42. The smallest absolute Gasteiger partial charge is 0.338 e. The van der Waals surface area contributed by atoms with Crippen LogP contribution in [-0.4, -0.2) is 54.2 Å². The molecule has 104 valence electrons. The predicted octanol–water partition coefficient (Wildman–Crippen LogP) is 1.45. The average molecular weight is 267 g/mol. The molecule has 1 saturated heterocycles. The molecule has 1 aromatic heterocycles. The number of rotatable bonds is 3. The molecule has 1 N–H and O–H groups in total. The molecule has 2 rings (SSSR count). The van der Waals surface area contributed by atoms with E-state index in [9.17, 15) is 9.18 Å². The molecule has 6 heteroatoms. The average Bonchev–Trinajstić information content (AvgIpc) is 2.38. The molecular weight excluding hydrogens is 249 g/mol. The van der Waals surface area contributed by atoms with E-state index < -0.39 is 11.8 Å². The van der Waals surface area contributed by atoms with Crippen molar-refractivity contribution in [3.63, 3.8) is 0 Å². The van der Waals surface area contributed by atoms with Gasteiger partial charge in [-0.25, -0.2) is 14.2 Å². The summed E-state index contributed by atoms with van der Waals surface area (Å²) in [7, 11) is 4.06. The van der Waals surface area contributed by atoms with E-state index in [-0.39, 0.29) is 11.4 Å². The van der Waals surface area contributed by atoms with Gasteiger partial charge in [0.25, 0.3) is 0 Å². The van der Waals surface area contributed by atoms with E-state index in [1.165, 1.54) is 12.3 Å². The Kier molecular flexibility index (Phi) is 3.99. The van der Waals surface area contributed by atoms with Gasteiger partial charge < -0.3 is 14.9 Å². The first-order valence-corrected chi connectivity index (χ1v) is 6.30. The van der Waals surface area contributed by atoms with Crippen LogP contribution in [0.2, 0.25) is 0 Å². The quantitative estimate of drug-likeness (QED) is 0.898. The van der Waals surface area contributed by atoms with Gasteiger partial charge in [-0.2, -0.15) is 0 Å². The fraction of sp³-hybridized carbons (Fsp3) is 0.538. The predicted molar refractivity (Wildman–Crippen MR) is 70.1 cm³/mol. The van der Waals surface area contributed by atoms with Crippen molar-refractivity contribution in [2.24, 2.45) is 0 Å². The van der Waals surface area contributed by atoms with Crippen LogP contribution in [0, 0.1) is 5.82 Å². The highest BCUT2D eigenvalue weighted by Gasteiger charge is 2.25. The second kappa shape index (κ2) is 5.52. The number of anilines is 1. The summed E-state index contributed by atoms with van der Waals surface area (Å²) < 4.78 is 14.1. The molecule has 19 heavy (non-hydrogen) atoms. The molecule has 0 bridgehead atoms. The molecular formula is C13H18FN3O2. The Hall–Kier alpha value is -1.69. The van der Waals surface area contributed by atoms with Gasteiger partial charge in [-0.1, -0.05) is 0 Å². The van der Waals surface area contributed by atoms with Crippen LogP contribution in [0.25, 0.3) is 0 Å². The van der Waals surface area contributed by atoms with E-state index >= 15 is 0 Å². The van der Waals surface area contributed by atoms with Crippen LogP contribution in [0.1, 0.15) is 23.2 Å². The Bertz CT molecular complexity index is 471. The summed E-state index contributed by atoms with van der Waals surface area (Å²) in [6, 6.07) is 1.68. The third-order valence-corrected chi connectivity index (χ3v) is 3.60. The first-order valence-electron chi connectivity index (χ1n) is 6.30. The van der Waals surface area contributed by atoms with Crippen molar-refractivity contribution in [2.45, 2.75) is 18.9 Å². The molecule has 1 aliphatic heterocycles. The van der Waals surface area contributed by atoms with Crippen LogP contribution in [0.15, 0.2) is 12.3 Å². The van der Waals surface area contributed by atoms with Crippen molar-refractivity contribution < 1.29 is 14.3 Å². The molecule has 1 aromatic rings. The third-order valence-electron chi connectivity index (χ3n) is 3.60. The van der Waals surface area contributed by atoms with Gasteiger partial charge in [0.2, 0.25) is 0 Å². The molecule has 5 nitrogen and oxygen atoms in total. The molecule has 1 fully saturated rings. The summed E-state index contributed by atoms with van der Waals surface area (Å²) >= 11 is 0. The van der Waals surface area contributed by atoms with Crippen molar-refractivity contribution in [2.75, 3.05) is 32.1 Å². The standard InChI is InChI=1S/C13H18FN3O2/c1-16(2)9-4-7-17(8-5-9)12-11(14)10(13(18)19)3-6-15-12/h3,6,9H,4-5,7-8H2,1-2H3,(H,18,19). The Balaban J connectivity index is 2.16. The third kappa shape index (κ3) is 2.84. The van der Waals surface area contributed by atoms with Gasteiger partial charge in [0.05, 0.1) is 0 Å². The van der Waals surface area contributed by atoms with Crippen molar-refractivity contribution in [1.82, 2.24) is 9.88 Å². The molecule has 0 radical (unpaired) electrons. The zero-order chi connectivity index (χ0) is 14.0. The van der Waals surface area contributed by atoms with E-state index in [1.807, 2.05) is 19.0 Å². The second-order valence-corrected chi connectivity index (χ2v) is 4.98. The summed E-state index contributed by atoms with van der Waals surface area (Å²) in [5, 5.41) is 8.91. The van der Waals surface area contributed by atoms with Gasteiger partial charge in [-0.3, -0.25) is 0 Å². The fourth-order valence-corrected chi connectivity index (χ4v) is 2.41. The summed E-state index contributed by atoms with van der Waals surface area (Å²) in [6.45, 7) is 1.38. The van der Waals surface area contributed by atoms with Crippen LogP contribution in [0.4, 0.5) is 10.2 Å². The fourth-order valence-electron chi connectivity index (χ4n) is 2.41.